The second-order valence-electron chi connectivity index (χ2n) is 6.05. The molecule has 1 aromatic rings. The van der Waals surface area contributed by atoms with Gasteiger partial charge in [0.05, 0.1) is 6.20 Å². The van der Waals surface area contributed by atoms with Crippen molar-refractivity contribution in [2.45, 2.75) is 38.6 Å². The molecule has 0 saturated heterocycles. The highest BCUT2D eigenvalue weighted by Crippen LogP contribution is 2.28. The van der Waals surface area contributed by atoms with Crippen LogP contribution >= 0.6 is 12.4 Å². The number of nitrogens with one attached hydrogen (secondary N) is 2. The lowest BCUT2D eigenvalue weighted by molar-refractivity contribution is -0.123. The lowest BCUT2D eigenvalue weighted by Gasteiger charge is -2.27. The SMILES string of the molecule is CNC(C(=O)NCC1CCCC(C)C1)c1cnn(C)c1.Cl. The van der Waals surface area contributed by atoms with Crippen LogP contribution in [0.15, 0.2) is 12.4 Å². The average Bonchev–Trinajstić information content (AvgIpc) is 2.84. The number of likely N-dealkylation sites (N-methyl/N-ethyl adjacent to an activating group) is 1. The van der Waals surface area contributed by atoms with Crippen molar-refractivity contribution in [2.75, 3.05) is 13.6 Å². The summed E-state index contributed by atoms with van der Waals surface area (Å²) in [6.07, 6.45) is 8.71. The van der Waals surface area contributed by atoms with Gasteiger partial charge in [0, 0.05) is 25.4 Å². The molecule has 6 heteroatoms. The second kappa shape index (κ2) is 8.39. The Morgan fingerprint density at radius 2 is 2.29 bits per heavy atom. The number of aryl methyl sites for hydroxylation is 1. The molecule has 1 aliphatic rings. The van der Waals surface area contributed by atoms with E-state index in [0.717, 1.165) is 18.0 Å². The monoisotopic (exact) mass is 314 g/mol. The summed E-state index contributed by atoms with van der Waals surface area (Å²) in [6, 6.07) is -0.315. The maximum atomic E-state index is 12.3. The second-order valence-corrected chi connectivity index (χ2v) is 6.05. The number of amides is 1. The first kappa shape index (κ1) is 18.0. The maximum Gasteiger partial charge on any atom is 0.241 e. The zero-order valence-electron chi connectivity index (χ0n) is 13.1. The van der Waals surface area contributed by atoms with Crippen LogP contribution in [0.25, 0.3) is 0 Å². The van der Waals surface area contributed by atoms with Gasteiger partial charge < -0.3 is 10.6 Å². The Bertz CT molecular complexity index is 449. The molecular formula is C15H27ClN4O. The highest BCUT2D eigenvalue weighted by atomic mass is 35.5. The Labute approximate surface area is 133 Å². The van der Waals surface area contributed by atoms with Crippen LogP contribution in [0.4, 0.5) is 0 Å². The molecule has 2 N–H and O–H groups in total. The van der Waals surface area contributed by atoms with Gasteiger partial charge in [-0.15, -0.1) is 12.4 Å². The molecule has 0 aliphatic heterocycles. The largest absolute Gasteiger partial charge is 0.354 e. The van der Waals surface area contributed by atoms with Crippen LogP contribution in [0.1, 0.15) is 44.2 Å². The summed E-state index contributed by atoms with van der Waals surface area (Å²) >= 11 is 0. The minimum Gasteiger partial charge on any atom is -0.354 e. The third-order valence-corrected chi connectivity index (χ3v) is 4.22. The smallest absolute Gasteiger partial charge is 0.241 e. The molecule has 3 unspecified atom stereocenters. The molecule has 1 fully saturated rings. The van der Waals surface area contributed by atoms with Gasteiger partial charge in [0.15, 0.2) is 0 Å². The predicted octanol–water partition coefficient (Wildman–Crippen LogP) is 2.04. The van der Waals surface area contributed by atoms with E-state index in [1.54, 1.807) is 17.9 Å². The minimum absolute atomic E-state index is 0. The fourth-order valence-electron chi connectivity index (χ4n) is 3.13. The first-order chi connectivity index (χ1) is 9.60. The molecule has 0 bridgehead atoms. The zero-order valence-corrected chi connectivity index (χ0v) is 13.9. The summed E-state index contributed by atoms with van der Waals surface area (Å²) in [5, 5.41) is 10.3. The predicted molar refractivity (Wildman–Crippen MR) is 86.4 cm³/mol. The van der Waals surface area contributed by atoms with Gasteiger partial charge >= 0.3 is 0 Å². The standard InChI is InChI=1S/C15H26N4O.ClH/c1-11-5-4-6-12(7-11)8-17-15(20)14(16-2)13-9-18-19(3)10-13;/h9-12,14,16H,4-8H2,1-3H3,(H,17,20);1H. The van der Waals surface area contributed by atoms with Crippen molar-refractivity contribution in [3.05, 3.63) is 18.0 Å². The first-order valence-corrected chi connectivity index (χ1v) is 7.53. The van der Waals surface area contributed by atoms with Crippen molar-refractivity contribution in [2.24, 2.45) is 18.9 Å². The van der Waals surface area contributed by atoms with Crippen LogP contribution in [0.3, 0.4) is 0 Å². The summed E-state index contributed by atoms with van der Waals surface area (Å²) in [7, 11) is 3.66. The van der Waals surface area contributed by atoms with Crippen LogP contribution in [0.5, 0.6) is 0 Å². The van der Waals surface area contributed by atoms with Crippen LogP contribution < -0.4 is 10.6 Å². The third-order valence-electron chi connectivity index (χ3n) is 4.22. The number of halogens is 1. The Balaban J connectivity index is 0.00000220. The first-order valence-electron chi connectivity index (χ1n) is 7.53. The molecule has 0 radical (unpaired) electrons. The molecule has 120 valence electrons. The summed E-state index contributed by atoms with van der Waals surface area (Å²) in [6.45, 7) is 3.10. The lowest BCUT2D eigenvalue weighted by Crippen LogP contribution is -2.39. The average molecular weight is 315 g/mol. The molecule has 1 amide bonds. The number of nitrogens with zero attached hydrogens (tertiary/aromatic N) is 2. The van der Waals surface area contributed by atoms with Crippen molar-refractivity contribution >= 4 is 18.3 Å². The topological polar surface area (TPSA) is 59.0 Å². The third kappa shape index (κ3) is 5.00. The van der Waals surface area contributed by atoms with Gasteiger partial charge in [-0.3, -0.25) is 9.48 Å². The normalized spacial score (nSPS) is 23.2. The van der Waals surface area contributed by atoms with E-state index in [1.165, 1.54) is 25.7 Å². The van der Waals surface area contributed by atoms with Crippen LogP contribution in [-0.2, 0) is 11.8 Å². The number of carbonyl (C=O) groups is 1. The van der Waals surface area contributed by atoms with E-state index in [1.807, 2.05) is 13.2 Å². The maximum absolute atomic E-state index is 12.3. The highest BCUT2D eigenvalue weighted by Gasteiger charge is 2.23. The number of hydrogen-bond acceptors (Lipinski definition) is 3. The molecule has 0 aromatic carbocycles. The molecule has 21 heavy (non-hydrogen) atoms. The molecule has 3 atom stereocenters. The molecule has 1 aromatic heterocycles. The number of rotatable bonds is 5. The van der Waals surface area contributed by atoms with E-state index in [0.29, 0.717) is 5.92 Å². The van der Waals surface area contributed by atoms with Crippen molar-refractivity contribution < 1.29 is 4.79 Å². The number of aromatic nitrogens is 2. The van der Waals surface area contributed by atoms with Gasteiger partial charge in [0.25, 0.3) is 0 Å². The summed E-state index contributed by atoms with van der Waals surface area (Å²) < 4.78 is 1.72. The number of carbonyl (C=O) groups excluding carboxylic acids is 1. The Morgan fingerprint density at radius 1 is 1.52 bits per heavy atom. The molecule has 1 heterocycles. The van der Waals surface area contributed by atoms with Gasteiger partial charge in [-0.2, -0.15) is 5.10 Å². The zero-order chi connectivity index (χ0) is 14.5. The molecule has 0 spiro atoms. The van der Waals surface area contributed by atoms with Crippen molar-refractivity contribution in [1.82, 2.24) is 20.4 Å². The molecule has 1 saturated carbocycles. The molecular weight excluding hydrogens is 288 g/mol. The van der Waals surface area contributed by atoms with Gasteiger partial charge in [-0.25, -0.2) is 0 Å². The van der Waals surface area contributed by atoms with Crippen LogP contribution in [0.2, 0.25) is 0 Å². The Hall–Kier alpha value is -1.07. The molecule has 5 nitrogen and oxygen atoms in total. The van der Waals surface area contributed by atoms with Crippen molar-refractivity contribution in [3.63, 3.8) is 0 Å². The summed E-state index contributed by atoms with van der Waals surface area (Å²) in [5.41, 5.74) is 0.907. The van der Waals surface area contributed by atoms with E-state index in [4.69, 9.17) is 0 Å². The van der Waals surface area contributed by atoms with Gasteiger partial charge in [-0.05, 0) is 31.7 Å². The quantitative estimate of drug-likeness (QED) is 0.874. The van der Waals surface area contributed by atoms with Crippen LogP contribution in [-0.4, -0.2) is 29.3 Å². The highest BCUT2D eigenvalue weighted by molar-refractivity contribution is 5.85. The van der Waals surface area contributed by atoms with E-state index >= 15 is 0 Å². The van der Waals surface area contributed by atoms with E-state index in [9.17, 15) is 4.79 Å². The van der Waals surface area contributed by atoms with Crippen molar-refractivity contribution in [3.8, 4) is 0 Å². The van der Waals surface area contributed by atoms with Gasteiger partial charge in [0.1, 0.15) is 6.04 Å². The Kier molecular flexibility index (Phi) is 7.18. The summed E-state index contributed by atoms with van der Waals surface area (Å²) in [4.78, 5) is 12.3. The molecule has 2 rings (SSSR count). The number of hydrogen-bond donors (Lipinski definition) is 2. The van der Waals surface area contributed by atoms with Crippen molar-refractivity contribution in [1.29, 1.82) is 0 Å². The van der Waals surface area contributed by atoms with E-state index in [2.05, 4.69) is 22.7 Å². The van der Waals surface area contributed by atoms with Gasteiger partial charge in [0.2, 0.25) is 5.91 Å². The summed E-state index contributed by atoms with van der Waals surface area (Å²) in [5.74, 6) is 1.47. The van der Waals surface area contributed by atoms with Gasteiger partial charge in [-0.1, -0.05) is 19.8 Å². The fourth-order valence-corrected chi connectivity index (χ4v) is 3.13. The molecule has 1 aliphatic carbocycles. The Morgan fingerprint density at radius 3 is 2.86 bits per heavy atom. The lowest BCUT2D eigenvalue weighted by atomic mass is 9.82. The van der Waals surface area contributed by atoms with E-state index in [-0.39, 0.29) is 24.4 Å². The minimum atomic E-state index is -0.315. The van der Waals surface area contributed by atoms with Crippen LogP contribution in [0, 0.1) is 11.8 Å². The fraction of sp³-hybridized carbons (Fsp3) is 0.733. The van der Waals surface area contributed by atoms with E-state index < -0.39 is 0 Å².